The summed E-state index contributed by atoms with van der Waals surface area (Å²) in [5, 5.41) is 2.53. The van der Waals surface area contributed by atoms with E-state index in [0.717, 1.165) is 35.9 Å². The maximum Gasteiger partial charge on any atom is 0.416 e. The van der Waals surface area contributed by atoms with Gasteiger partial charge in [0.1, 0.15) is 12.4 Å². The van der Waals surface area contributed by atoms with E-state index < -0.39 is 23.6 Å². The minimum absolute atomic E-state index is 0.0251. The molecule has 32 heavy (non-hydrogen) atoms. The number of methoxy groups -OCH3 is 1. The number of ether oxygens (including phenoxy) is 2. The van der Waals surface area contributed by atoms with Crippen molar-refractivity contribution in [1.82, 2.24) is 0 Å². The summed E-state index contributed by atoms with van der Waals surface area (Å²) < 4.78 is 49.9. The fraction of sp³-hybridized carbons (Fsp3) is 0.391. The van der Waals surface area contributed by atoms with Crippen LogP contribution in [-0.2, 0) is 26.9 Å². The Morgan fingerprint density at radius 2 is 1.94 bits per heavy atom. The van der Waals surface area contributed by atoms with Gasteiger partial charge in [0.15, 0.2) is 0 Å². The van der Waals surface area contributed by atoms with Crippen LogP contribution in [0.3, 0.4) is 0 Å². The summed E-state index contributed by atoms with van der Waals surface area (Å²) in [7, 11) is 1.47. The summed E-state index contributed by atoms with van der Waals surface area (Å²) in [6, 6.07) is 10.3. The Hall–Kier alpha value is -3.07. The zero-order valence-electron chi connectivity index (χ0n) is 17.9. The number of alkyl halides is 3. The van der Waals surface area contributed by atoms with Crippen LogP contribution in [-0.4, -0.2) is 38.7 Å². The van der Waals surface area contributed by atoms with Gasteiger partial charge in [-0.2, -0.15) is 13.2 Å². The first kappa shape index (κ1) is 23.6. The lowest BCUT2D eigenvalue weighted by Crippen LogP contribution is -2.29. The van der Waals surface area contributed by atoms with Gasteiger partial charge in [0, 0.05) is 25.8 Å². The van der Waals surface area contributed by atoms with E-state index in [1.807, 2.05) is 31.2 Å². The smallest absolute Gasteiger partial charge is 0.416 e. The van der Waals surface area contributed by atoms with Crippen LogP contribution in [0.5, 0.6) is 5.75 Å². The third kappa shape index (κ3) is 5.40. The summed E-state index contributed by atoms with van der Waals surface area (Å²) in [5.41, 5.74) is 0.722. The van der Waals surface area contributed by atoms with Crippen molar-refractivity contribution >= 4 is 23.2 Å². The Bertz CT molecular complexity index is 978. The minimum atomic E-state index is -4.57. The molecule has 1 fully saturated rings. The van der Waals surface area contributed by atoms with Crippen LogP contribution in [0.4, 0.5) is 24.5 Å². The average Bonchev–Trinajstić information content (AvgIpc) is 3.15. The molecule has 2 aromatic rings. The number of amides is 2. The normalized spacial score (nSPS) is 16.3. The number of benzene rings is 2. The lowest BCUT2D eigenvalue weighted by Gasteiger charge is -2.20. The highest BCUT2D eigenvalue weighted by Crippen LogP contribution is 2.36. The highest BCUT2D eigenvalue weighted by Gasteiger charge is 2.37. The molecule has 1 heterocycles. The van der Waals surface area contributed by atoms with Crippen molar-refractivity contribution in [3.05, 3.63) is 53.6 Å². The number of nitrogens with one attached hydrogen (secondary N) is 1. The molecule has 0 bridgehead atoms. The van der Waals surface area contributed by atoms with Crippen molar-refractivity contribution < 1.29 is 32.2 Å². The predicted octanol–water partition coefficient (Wildman–Crippen LogP) is 4.28. The zero-order valence-corrected chi connectivity index (χ0v) is 17.9. The van der Waals surface area contributed by atoms with E-state index in [-0.39, 0.29) is 43.5 Å². The summed E-state index contributed by atoms with van der Waals surface area (Å²) in [6.07, 6.45) is -3.87. The van der Waals surface area contributed by atoms with Gasteiger partial charge in [-0.15, -0.1) is 0 Å². The second-order valence-corrected chi connectivity index (χ2v) is 7.43. The Labute approximate surface area is 184 Å². The molecule has 172 valence electrons. The van der Waals surface area contributed by atoms with Gasteiger partial charge in [-0.3, -0.25) is 9.59 Å². The van der Waals surface area contributed by atoms with Gasteiger partial charge in [-0.1, -0.05) is 25.1 Å². The Morgan fingerprint density at radius 3 is 2.62 bits per heavy atom. The molecule has 6 nitrogen and oxygen atoms in total. The van der Waals surface area contributed by atoms with Crippen LogP contribution in [0.15, 0.2) is 42.5 Å². The number of rotatable bonds is 8. The molecular formula is C23H25F3N2O4. The number of anilines is 2. The number of carbonyl (C=O) groups is 2. The SMILES string of the molecule is CCc1ccccc1N1CC(C(=O)Nc2cc(C(F)(F)F)ccc2OCCOC)CC1=O. The van der Waals surface area contributed by atoms with E-state index in [0.29, 0.717) is 0 Å². The number of para-hydroxylation sites is 1. The molecule has 3 rings (SSSR count). The maximum atomic E-state index is 13.2. The van der Waals surface area contributed by atoms with Gasteiger partial charge in [0.05, 0.1) is 23.8 Å². The molecule has 1 aliphatic rings. The number of nitrogens with zero attached hydrogens (tertiary/aromatic N) is 1. The van der Waals surface area contributed by atoms with Crippen molar-refractivity contribution in [3.8, 4) is 5.75 Å². The molecule has 1 unspecified atom stereocenters. The van der Waals surface area contributed by atoms with Crippen LogP contribution < -0.4 is 15.0 Å². The molecule has 1 atom stereocenters. The zero-order chi connectivity index (χ0) is 23.3. The first-order chi connectivity index (χ1) is 15.2. The lowest BCUT2D eigenvalue weighted by atomic mass is 10.1. The van der Waals surface area contributed by atoms with Crippen LogP contribution in [0, 0.1) is 5.92 Å². The van der Waals surface area contributed by atoms with Crippen molar-refractivity contribution in [2.45, 2.75) is 25.9 Å². The monoisotopic (exact) mass is 450 g/mol. The molecule has 1 saturated heterocycles. The topological polar surface area (TPSA) is 67.9 Å². The molecule has 0 aliphatic carbocycles. The molecule has 9 heteroatoms. The fourth-order valence-corrected chi connectivity index (χ4v) is 3.59. The van der Waals surface area contributed by atoms with Crippen molar-refractivity contribution in [3.63, 3.8) is 0 Å². The molecule has 0 radical (unpaired) electrons. The van der Waals surface area contributed by atoms with Crippen LogP contribution in [0.2, 0.25) is 0 Å². The second-order valence-electron chi connectivity index (χ2n) is 7.43. The molecular weight excluding hydrogens is 425 g/mol. The molecule has 0 aromatic heterocycles. The highest BCUT2D eigenvalue weighted by molar-refractivity contribution is 6.04. The average molecular weight is 450 g/mol. The number of carbonyl (C=O) groups excluding carboxylic acids is 2. The fourth-order valence-electron chi connectivity index (χ4n) is 3.59. The molecule has 1 N–H and O–H groups in total. The Kier molecular flexibility index (Phi) is 7.40. The number of aryl methyl sites for hydroxylation is 1. The van der Waals surface area contributed by atoms with E-state index in [1.54, 1.807) is 4.90 Å². The van der Waals surface area contributed by atoms with Crippen LogP contribution in [0.25, 0.3) is 0 Å². The van der Waals surface area contributed by atoms with Gasteiger partial charge in [-0.25, -0.2) is 0 Å². The number of halogens is 3. The van der Waals surface area contributed by atoms with Gasteiger partial charge < -0.3 is 19.7 Å². The van der Waals surface area contributed by atoms with Gasteiger partial charge in [0.25, 0.3) is 0 Å². The summed E-state index contributed by atoms with van der Waals surface area (Å²) in [6.45, 7) is 2.47. The lowest BCUT2D eigenvalue weighted by molar-refractivity contribution is -0.137. The Morgan fingerprint density at radius 1 is 1.19 bits per heavy atom. The molecule has 0 spiro atoms. The van der Waals surface area contributed by atoms with Gasteiger partial charge >= 0.3 is 6.18 Å². The standard InChI is InChI=1S/C23H25F3N2O4/c1-3-15-6-4-5-7-19(15)28-14-16(12-21(28)29)22(30)27-18-13-17(23(24,25)26)8-9-20(18)32-11-10-31-2/h4-9,13,16H,3,10-12,14H2,1-2H3,(H,27,30). The van der Waals surface area contributed by atoms with Crippen molar-refractivity contribution in [2.75, 3.05) is 37.1 Å². The molecule has 1 aliphatic heterocycles. The number of hydrogen-bond acceptors (Lipinski definition) is 4. The highest BCUT2D eigenvalue weighted by atomic mass is 19.4. The van der Waals surface area contributed by atoms with Gasteiger partial charge in [-0.05, 0) is 36.2 Å². The van der Waals surface area contributed by atoms with E-state index >= 15 is 0 Å². The predicted molar refractivity (Wildman–Crippen MR) is 114 cm³/mol. The first-order valence-electron chi connectivity index (χ1n) is 10.3. The summed E-state index contributed by atoms with van der Waals surface area (Å²) in [5.74, 6) is -1.34. The second kappa shape index (κ2) is 10.0. The van der Waals surface area contributed by atoms with E-state index in [9.17, 15) is 22.8 Å². The Balaban J connectivity index is 1.79. The first-order valence-corrected chi connectivity index (χ1v) is 10.3. The summed E-state index contributed by atoms with van der Waals surface area (Å²) in [4.78, 5) is 27.0. The van der Waals surface area contributed by atoms with Crippen LogP contribution >= 0.6 is 0 Å². The molecule has 2 aromatic carbocycles. The third-order valence-corrected chi connectivity index (χ3v) is 5.27. The van der Waals surface area contributed by atoms with E-state index in [4.69, 9.17) is 9.47 Å². The minimum Gasteiger partial charge on any atom is -0.489 e. The quantitative estimate of drug-likeness (QED) is 0.610. The van der Waals surface area contributed by atoms with Crippen molar-refractivity contribution in [1.29, 1.82) is 0 Å². The third-order valence-electron chi connectivity index (χ3n) is 5.27. The molecule has 0 saturated carbocycles. The summed E-state index contributed by atoms with van der Waals surface area (Å²) >= 11 is 0. The van der Waals surface area contributed by atoms with E-state index in [2.05, 4.69) is 5.32 Å². The maximum absolute atomic E-state index is 13.2. The largest absolute Gasteiger partial charge is 0.489 e. The van der Waals surface area contributed by atoms with E-state index in [1.165, 1.54) is 7.11 Å². The number of hydrogen-bond donors (Lipinski definition) is 1. The van der Waals surface area contributed by atoms with Crippen molar-refractivity contribution in [2.24, 2.45) is 5.92 Å². The van der Waals surface area contributed by atoms with Crippen LogP contribution in [0.1, 0.15) is 24.5 Å². The molecule has 2 amide bonds. The van der Waals surface area contributed by atoms with Gasteiger partial charge in [0.2, 0.25) is 11.8 Å².